The first kappa shape index (κ1) is 12.4. The lowest BCUT2D eigenvalue weighted by atomic mass is 10.1. The summed E-state index contributed by atoms with van der Waals surface area (Å²) in [6.45, 7) is 2.10. The highest BCUT2D eigenvalue weighted by molar-refractivity contribution is 5.50. The first-order chi connectivity index (χ1) is 8.78. The van der Waals surface area contributed by atoms with E-state index >= 15 is 0 Å². The molecule has 0 unspecified atom stereocenters. The molecule has 2 aromatic rings. The molecular weight excluding hydrogens is 220 g/mol. The molecule has 1 nitrogen and oxygen atoms in total. The summed E-state index contributed by atoms with van der Waals surface area (Å²) in [6.07, 6.45) is 5.25. The van der Waals surface area contributed by atoms with E-state index in [1.165, 1.54) is 16.7 Å². The van der Waals surface area contributed by atoms with Crippen molar-refractivity contribution in [2.75, 3.05) is 7.11 Å². The second-order valence-electron chi connectivity index (χ2n) is 4.37. The van der Waals surface area contributed by atoms with E-state index in [0.29, 0.717) is 0 Å². The van der Waals surface area contributed by atoms with E-state index in [1.54, 1.807) is 7.11 Å². The lowest BCUT2D eigenvalue weighted by molar-refractivity contribution is 0.414. The van der Waals surface area contributed by atoms with Gasteiger partial charge in [-0.05, 0) is 36.6 Å². The molecule has 0 aromatic heterocycles. The van der Waals surface area contributed by atoms with Crippen LogP contribution in [0.4, 0.5) is 0 Å². The summed E-state index contributed by atoms with van der Waals surface area (Å²) in [4.78, 5) is 0. The Hall–Kier alpha value is -2.02. The van der Waals surface area contributed by atoms with Crippen LogP contribution in [0, 0.1) is 6.92 Å². The van der Waals surface area contributed by atoms with Gasteiger partial charge < -0.3 is 4.74 Å². The van der Waals surface area contributed by atoms with Crippen molar-refractivity contribution in [2.45, 2.75) is 13.3 Å². The van der Waals surface area contributed by atoms with Gasteiger partial charge in [-0.3, -0.25) is 0 Å². The molecule has 0 atom stereocenters. The molecule has 1 heteroatoms. The van der Waals surface area contributed by atoms with E-state index in [2.05, 4.69) is 55.5 Å². The molecule has 0 N–H and O–H groups in total. The van der Waals surface area contributed by atoms with Crippen LogP contribution in [0.1, 0.15) is 16.7 Å². The van der Waals surface area contributed by atoms with Gasteiger partial charge in [-0.15, -0.1) is 0 Å². The Labute approximate surface area is 109 Å². The zero-order valence-corrected chi connectivity index (χ0v) is 10.9. The van der Waals surface area contributed by atoms with E-state index in [0.717, 1.165) is 12.2 Å². The summed E-state index contributed by atoms with van der Waals surface area (Å²) in [6, 6.07) is 16.7. The summed E-state index contributed by atoms with van der Waals surface area (Å²) < 4.78 is 5.21. The molecule has 0 fully saturated rings. The van der Waals surface area contributed by atoms with E-state index in [9.17, 15) is 0 Å². The van der Waals surface area contributed by atoms with Crippen LogP contribution in [0.25, 0.3) is 6.08 Å². The first-order valence-electron chi connectivity index (χ1n) is 6.14. The third kappa shape index (κ3) is 3.49. The van der Waals surface area contributed by atoms with Gasteiger partial charge in [0.25, 0.3) is 0 Å². The Morgan fingerprint density at radius 1 is 1.06 bits per heavy atom. The summed E-state index contributed by atoms with van der Waals surface area (Å²) in [5.74, 6) is 0.913. The fourth-order valence-electron chi connectivity index (χ4n) is 1.81. The highest BCUT2D eigenvalue weighted by Crippen LogP contribution is 2.14. The van der Waals surface area contributed by atoms with Gasteiger partial charge >= 0.3 is 0 Å². The van der Waals surface area contributed by atoms with Gasteiger partial charge in [0.2, 0.25) is 0 Å². The predicted molar refractivity (Wildman–Crippen MR) is 76.9 cm³/mol. The molecule has 0 bridgehead atoms. The van der Waals surface area contributed by atoms with Crippen LogP contribution < -0.4 is 4.74 Å². The predicted octanol–water partition coefficient (Wildman–Crippen LogP) is 4.26. The molecule has 2 aromatic carbocycles. The van der Waals surface area contributed by atoms with Crippen molar-refractivity contribution in [3.05, 3.63) is 71.3 Å². The standard InChI is InChI=1S/C17H18O/c1-14-9-11-15(12-10-14)5-3-6-16-7-4-8-17(13-16)18-2/h3-5,7-13H,6H2,1-2H3/b5-3+. The quantitative estimate of drug-likeness (QED) is 0.773. The second kappa shape index (κ2) is 6.06. The van der Waals surface area contributed by atoms with Crippen LogP contribution in [0.3, 0.4) is 0 Å². The Morgan fingerprint density at radius 3 is 2.56 bits per heavy atom. The van der Waals surface area contributed by atoms with Crippen molar-refractivity contribution >= 4 is 6.08 Å². The number of hydrogen-bond acceptors (Lipinski definition) is 1. The number of aryl methyl sites for hydroxylation is 1. The van der Waals surface area contributed by atoms with E-state index < -0.39 is 0 Å². The molecule has 0 aliphatic heterocycles. The minimum atomic E-state index is 0.913. The molecule has 92 valence electrons. The van der Waals surface area contributed by atoms with Crippen LogP contribution in [0.15, 0.2) is 54.6 Å². The Balaban J connectivity index is 2.00. The summed E-state index contributed by atoms with van der Waals surface area (Å²) in [5, 5.41) is 0. The zero-order chi connectivity index (χ0) is 12.8. The van der Waals surface area contributed by atoms with E-state index in [4.69, 9.17) is 4.74 Å². The van der Waals surface area contributed by atoms with Gasteiger partial charge in [0.1, 0.15) is 5.75 Å². The zero-order valence-electron chi connectivity index (χ0n) is 10.9. The molecule has 0 aliphatic rings. The fraction of sp³-hybridized carbons (Fsp3) is 0.176. The van der Waals surface area contributed by atoms with Gasteiger partial charge in [0.15, 0.2) is 0 Å². The van der Waals surface area contributed by atoms with Crippen molar-refractivity contribution in [3.63, 3.8) is 0 Å². The maximum Gasteiger partial charge on any atom is 0.119 e. The highest BCUT2D eigenvalue weighted by atomic mass is 16.5. The Morgan fingerprint density at radius 2 is 1.83 bits per heavy atom. The number of allylic oxidation sites excluding steroid dienone is 1. The number of benzene rings is 2. The molecule has 0 aliphatic carbocycles. The first-order valence-corrected chi connectivity index (χ1v) is 6.14. The number of rotatable bonds is 4. The Kier molecular flexibility index (Phi) is 4.19. The monoisotopic (exact) mass is 238 g/mol. The Bertz CT molecular complexity index is 524. The minimum Gasteiger partial charge on any atom is -0.497 e. The lowest BCUT2D eigenvalue weighted by Crippen LogP contribution is -1.85. The topological polar surface area (TPSA) is 9.23 Å². The average Bonchev–Trinajstić information content (AvgIpc) is 2.41. The van der Waals surface area contributed by atoms with Crippen LogP contribution in [-0.2, 0) is 6.42 Å². The normalized spacial score (nSPS) is 10.8. The van der Waals surface area contributed by atoms with Crippen molar-refractivity contribution in [2.24, 2.45) is 0 Å². The maximum absolute atomic E-state index is 5.21. The van der Waals surface area contributed by atoms with Gasteiger partial charge in [0.05, 0.1) is 7.11 Å². The molecule has 0 radical (unpaired) electrons. The third-order valence-corrected chi connectivity index (χ3v) is 2.88. The minimum absolute atomic E-state index is 0.913. The molecule has 0 amide bonds. The highest BCUT2D eigenvalue weighted by Gasteiger charge is 1.93. The number of methoxy groups -OCH3 is 1. The third-order valence-electron chi connectivity index (χ3n) is 2.88. The summed E-state index contributed by atoms with van der Waals surface area (Å²) in [7, 11) is 1.70. The SMILES string of the molecule is COc1cccc(C/C=C/c2ccc(C)cc2)c1. The maximum atomic E-state index is 5.21. The molecule has 0 saturated carbocycles. The largest absolute Gasteiger partial charge is 0.497 e. The lowest BCUT2D eigenvalue weighted by Gasteiger charge is -2.01. The van der Waals surface area contributed by atoms with E-state index in [1.807, 2.05) is 12.1 Å². The van der Waals surface area contributed by atoms with Crippen molar-refractivity contribution in [1.82, 2.24) is 0 Å². The number of ether oxygens (including phenoxy) is 1. The molecule has 18 heavy (non-hydrogen) atoms. The summed E-state index contributed by atoms with van der Waals surface area (Å²) >= 11 is 0. The van der Waals surface area contributed by atoms with Gasteiger partial charge in [-0.25, -0.2) is 0 Å². The van der Waals surface area contributed by atoms with E-state index in [-0.39, 0.29) is 0 Å². The van der Waals surface area contributed by atoms with Crippen LogP contribution in [0.2, 0.25) is 0 Å². The van der Waals surface area contributed by atoms with Gasteiger partial charge in [-0.2, -0.15) is 0 Å². The van der Waals surface area contributed by atoms with Gasteiger partial charge in [-0.1, -0.05) is 54.1 Å². The molecule has 2 rings (SSSR count). The van der Waals surface area contributed by atoms with Crippen molar-refractivity contribution < 1.29 is 4.74 Å². The van der Waals surface area contributed by atoms with Crippen molar-refractivity contribution in [3.8, 4) is 5.75 Å². The number of hydrogen-bond donors (Lipinski definition) is 0. The molecule has 0 spiro atoms. The average molecular weight is 238 g/mol. The van der Waals surface area contributed by atoms with Crippen LogP contribution >= 0.6 is 0 Å². The van der Waals surface area contributed by atoms with Gasteiger partial charge in [0, 0.05) is 0 Å². The molecule has 0 saturated heterocycles. The smallest absolute Gasteiger partial charge is 0.119 e. The molecular formula is C17H18O. The molecule has 0 heterocycles. The summed E-state index contributed by atoms with van der Waals surface area (Å²) in [5.41, 5.74) is 3.79. The fourth-order valence-corrected chi connectivity index (χ4v) is 1.81. The second-order valence-corrected chi connectivity index (χ2v) is 4.37. The van der Waals surface area contributed by atoms with Crippen LogP contribution in [0.5, 0.6) is 5.75 Å². The van der Waals surface area contributed by atoms with Crippen LogP contribution in [-0.4, -0.2) is 7.11 Å². The van der Waals surface area contributed by atoms with Crippen molar-refractivity contribution in [1.29, 1.82) is 0 Å².